The zero-order valence-electron chi connectivity index (χ0n) is 21.4. The number of fused-ring (bicyclic) bond motifs is 1. The van der Waals surface area contributed by atoms with Crippen LogP contribution in [0.15, 0.2) is 48.5 Å². The average Bonchev–Trinajstić information content (AvgIpc) is 2.85. The van der Waals surface area contributed by atoms with E-state index in [2.05, 4.69) is 46.4 Å². The minimum absolute atomic E-state index is 0. The monoisotopic (exact) mass is 549 g/mol. The molecular weight excluding hydrogens is 516 g/mol. The maximum Gasteiger partial charge on any atom is 0.323 e. The van der Waals surface area contributed by atoms with E-state index in [4.69, 9.17) is 15.5 Å². The average molecular weight is 551 g/mol. The molecule has 0 saturated carbocycles. The molecule has 7 nitrogen and oxygen atoms in total. The summed E-state index contributed by atoms with van der Waals surface area (Å²) in [4.78, 5) is 24.1. The second-order valence-corrected chi connectivity index (χ2v) is 9.27. The lowest BCUT2D eigenvalue weighted by Gasteiger charge is -2.37. The third-order valence-corrected chi connectivity index (χ3v) is 6.53. The molecule has 1 aliphatic heterocycles. The molecule has 4 rings (SSSR count). The molecule has 1 aromatic heterocycles. The van der Waals surface area contributed by atoms with Crippen LogP contribution in [-0.2, 0) is 22.6 Å². The minimum atomic E-state index is -0.702. The van der Waals surface area contributed by atoms with Gasteiger partial charge in [-0.1, -0.05) is 38.1 Å². The molecule has 0 radical (unpaired) electrons. The lowest BCUT2D eigenvalue weighted by molar-refractivity contribution is -0.147. The maximum absolute atomic E-state index is 13.4. The number of carbonyl (C=O) groups is 1. The van der Waals surface area contributed by atoms with Crippen molar-refractivity contribution in [2.45, 2.75) is 52.8 Å². The van der Waals surface area contributed by atoms with Crippen LogP contribution in [0.3, 0.4) is 0 Å². The SMILES string of the molecule is Cc1c(COC(=O)C(N)C(C)C)nc(Nc2ccc(F)cc2)nc1N1CCc2ccccc2C1C.Cl.Cl. The Hall–Kier alpha value is -2.94. The van der Waals surface area contributed by atoms with Crippen molar-refractivity contribution < 1.29 is 13.9 Å². The van der Waals surface area contributed by atoms with Crippen LogP contribution in [0.25, 0.3) is 0 Å². The van der Waals surface area contributed by atoms with Crippen LogP contribution in [0.5, 0.6) is 0 Å². The summed E-state index contributed by atoms with van der Waals surface area (Å²) >= 11 is 0. The summed E-state index contributed by atoms with van der Waals surface area (Å²) in [5.41, 5.74) is 10.6. The van der Waals surface area contributed by atoms with Gasteiger partial charge in [0.2, 0.25) is 5.95 Å². The van der Waals surface area contributed by atoms with Gasteiger partial charge in [0.1, 0.15) is 24.3 Å². The second-order valence-electron chi connectivity index (χ2n) is 9.27. The molecule has 200 valence electrons. The topological polar surface area (TPSA) is 93.4 Å². The molecule has 3 N–H and O–H groups in total. The van der Waals surface area contributed by atoms with Crippen LogP contribution >= 0.6 is 24.8 Å². The highest BCUT2D eigenvalue weighted by molar-refractivity contribution is 5.85. The summed E-state index contributed by atoms with van der Waals surface area (Å²) in [7, 11) is 0. The summed E-state index contributed by atoms with van der Waals surface area (Å²) in [6.45, 7) is 8.63. The molecule has 0 spiro atoms. The predicted octanol–water partition coefficient (Wildman–Crippen LogP) is 5.66. The third-order valence-electron chi connectivity index (χ3n) is 6.53. The molecule has 0 aliphatic carbocycles. The van der Waals surface area contributed by atoms with Gasteiger partial charge in [-0.15, -0.1) is 24.8 Å². The molecule has 2 unspecified atom stereocenters. The first kappa shape index (κ1) is 30.3. The van der Waals surface area contributed by atoms with E-state index in [1.54, 1.807) is 12.1 Å². The number of nitrogens with two attached hydrogens (primary N) is 1. The highest BCUT2D eigenvalue weighted by atomic mass is 35.5. The molecule has 2 aromatic carbocycles. The highest BCUT2D eigenvalue weighted by Gasteiger charge is 2.28. The Morgan fingerprint density at radius 2 is 1.84 bits per heavy atom. The van der Waals surface area contributed by atoms with Crippen LogP contribution in [0, 0.1) is 18.7 Å². The first-order valence-corrected chi connectivity index (χ1v) is 11.9. The smallest absolute Gasteiger partial charge is 0.323 e. The van der Waals surface area contributed by atoms with E-state index in [9.17, 15) is 9.18 Å². The van der Waals surface area contributed by atoms with E-state index in [0.29, 0.717) is 17.3 Å². The highest BCUT2D eigenvalue weighted by Crippen LogP contribution is 2.35. The van der Waals surface area contributed by atoms with Crippen LogP contribution in [0.2, 0.25) is 0 Å². The third kappa shape index (κ3) is 6.89. The van der Waals surface area contributed by atoms with Crippen LogP contribution in [0.1, 0.15) is 49.2 Å². The van der Waals surface area contributed by atoms with Crippen LogP contribution < -0.4 is 16.0 Å². The standard InChI is InChI=1S/C27H32FN5O2.2ClH/c1-16(2)24(29)26(34)35-15-23-17(3)25(32-27(31-23)30-21-11-9-20(28)10-12-21)33-14-13-19-7-5-6-8-22(19)18(33)4;;/h5-12,16,18,24H,13-15,29H2,1-4H3,(H,30,31,32);2*1H. The summed E-state index contributed by atoms with van der Waals surface area (Å²) in [6, 6.07) is 13.8. The van der Waals surface area contributed by atoms with Gasteiger partial charge >= 0.3 is 5.97 Å². The van der Waals surface area contributed by atoms with Gasteiger partial charge in [-0.3, -0.25) is 4.79 Å². The van der Waals surface area contributed by atoms with Crippen molar-refractivity contribution in [1.82, 2.24) is 9.97 Å². The number of carbonyl (C=O) groups excluding carboxylic acids is 1. The molecule has 10 heteroatoms. The molecule has 0 amide bonds. The molecule has 2 heterocycles. The first-order valence-electron chi connectivity index (χ1n) is 11.9. The quantitative estimate of drug-likeness (QED) is 0.367. The Bertz CT molecular complexity index is 1210. The number of aromatic nitrogens is 2. The lowest BCUT2D eigenvalue weighted by atomic mass is 9.93. The van der Waals surface area contributed by atoms with Crippen LogP contribution in [-0.4, -0.2) is 28.5 Å². The fourth-order valence-electron chi connectivity index (χ4n) is 4.26. The molecule has 2 atom stereocenters. The Morgan fingerprint density at radius 1 is 1.16 bits per heavy atom. The largest absolute Gasteiger partial charge is 0.458 e. The number of hydrogen-bond acceptors (Lipinski definition) is 7. The van der Waals surface area contributed by atoms with E-state index in [0.717, 1.165) is 24.3 Å². The summed E-state index contributed by atoms with van der Waals surface area (Å²) in [5.74, 6) is 0.298. The number of nitrogens with one attached hydrogen (secondary N) is 1. The molecule has 0 fully saturated rings. The molecule has 0 bridgehead atoms. The van der Waals surface area contributed by atoms with Gasteiger partial charge in [-0.2, -0.15) is 4.98 Å². The Balaban J connectivity index is 0.00000241. The number of halogens is 3. The van der Waals surface area contributed by atoms with Crippen molar-refractivity contribution in [3.8, 4) is 0 Å². The van der Waals surface area contributed by atoms with Crippen molar-refractivity contribution in [3.05, 3.63) is 76.7 Å². The van der Waals surface area contributed by atoms with Gasteiger partial charge in [0.25, 0.3) is 0 Å². The van der Waals surface area contributed by atoms with Crippen molar-refractivity contribution in [3.63, 3.8) is 0 Å². The molecular formula is C27H34Cl2FN5O2. The van der Waals surface area contributed by atoms with E-state index in [-0.39, 0.29) is 49.2 Å². The van der Waals surface area contributed by atoms with Gasteiger partial charge < -0.3 is 20.7 Å². The molecule has 0 saturated heterocycles. The van der Waals surface area contributed by atoms with Crippen molar-refractivity contribution in [2.24, 2.45) is 11.7 Å². The number of anilines is 3. The number of ether oxygens (including phenoxy) is 1. The summed E-state index contributed by atoms with van der Waals surface area (Å²) < 4.78 is 18.9. The zero-order chi connectivity index (χ0) is 25.1. The van der Waals surface area contributed by atoms with Gasteiger partial charge in [0.05, 0.1) is 11.7 Å². The number of hydrogen-bond donors (Lipinski definition) is 2. The number of esters is 1. The normalized spacial score (nSPS) is 15.2. The van der Waals surface area contributed by atoms with E-state index in [1.165, 1.54) is 23.3 Å². The van der Waals surface area contributed by atoms with Crippen molar-refractivity contribution in [2.75, 3.05) is 16.8 Å². The summed E-state index contributed by atoms with van der Waals surface area (Å²) in [6.07, 6.45) is 0.901. The van der Waals surface area contributed by atoms with Gasteiger partial charge in [-0.25, -0.2) is 9.37 Å². The molecule has 3 aromatic rings. The Kier molecular flexibility index (Phi) is 10.7. The van der Waals surface area contributed by atoms with Gasteiger partial charge in [-0.05, 0) is 61.6 Å². The van der Waals surface area contributed by atoms with Gasteiger partial charge in [0.15, 0.2) is 0 Å². The van der Waals surface area contributed by atoms with E-state index in [1.807, 2.05) is 20.8 Å². The number of nitrogens with zero attached hydrogens (tertiary/aromatic N) is 3. The first-order chi connectivity index (χ1) is 16.7. The van der Waals surface area contributed by atoms with Crippen molar-refractivity contribution in [1.29, 1.82) is 0 Å². The van der Waals surface area contributed by atoms with Crippen molar-refractivity contribution >= 4 is 48.2 Å². The minimum Gasteiger partial charge on any atom is -0.458 e. The maximum atomic E-state index is 13.4. The Labute approximate surface area is 229 Å². The lowest BCUT2D eigenvalue weighted by Crippen LogP contribution is -2.37. The second kappa shape index (κ2) is 13.0. The number of rotatable bonds is 7. The van der Waals surface area contributed by atoms with Gasteiger partial charge in [0, 0.05) is 17.8 Å². The predicted molar refractivity (Wildman–Crippen MR) is 149 cm³/mol. The fourth-order valence-corrected chi connectivity index (χ4v) is 4.26. The van der Waals surface area contributed by atoms with E-state index >= 15 is 0 Å². The summed E-state index contributed by atoms with van der Waals surface area (Å²) in [5, 5.41) is 3.16. The molecule has 37 heavy (non-hydrogen) atoms. The van der Waals surface area contributed by atoms with E-state index < -0.39 is 12.0 Å². The zero-order valence-corrected chi connectivity index (χ0v) is 23.0. The van der Waals surface area contributed by atoms with Crippen LogP contribution in [0.4, 0.5) is 21.8 Å². The fraction of sp³-hybridized carbons (Fsp3) is 0.370. The number of benzene rings is 2. The Morgan fingerprint density at radius 3 is 2.51 bits per heavy atom. The molecule has 1 aliphatic rings.